The molecule has 2 aromatic rings. The third-order valence-corrected chi connectivity index (χ3v) is 4.83. The summed E-state index contributed by atoms with van der Waals surface area (Å²) in [5.74, 6) is 1.23. The number of hydrogen-bond acceptors (Lipinski definition) is 3. The summed E-state index contributed by atoms with van der Waals surface area (Å²) >= 11 is 1.45. The molecule has 0 fully saturated rings. The molecule has 0 aliphatic rings. The Hall–Kier alpha value is -2.01. The molecule has 0 aliphatic carbocycles. The van der Waals surface area contributed by atoms with Crippen molar-refractivity contribution in [3.8, 4) is 5.75 Å². The average Bonchev–Trinajstić information content (AvgIpc) is 2.61. The Bertz CT molecular complexity index is 679. The summed E-state index contributed by atoms with van der Waals surface area (Å²) in [7, 11) is 1.56. The fourth-order valence-electron chi connectivity index (χ4n) is 2.53. The maximum absolute atomic E-state index is 13.3. The van der Waals surface area contributed by atoms with Crippen molar-refractivity contribution in [2.24, 2.45) is 0 Å². The first-order chi connectivity index (χ1) is 12.1. The molecule has 2 aromatic carbocycles. The fourth-order valence-corrected chi connectivity index (χ4v) is 3.35. The van der Waals surface area contributed by atoms with Crippen molar-refractivity contribution >= 4 is 17.7 Å². The highest BCUT2D eigenvalue weighted by molar-refractivity contribution is 7.99. The lowest BCUT2D eigenvalue weighted by molar-refractivity contribution is -0.119. The van der Waals surface area contributed by atoms with Crippen LogP contribution in [-0.2, 0) is 17.0 Å². The van der Waals surface area contributed by atoms with Crippen LogP contribution < -0.4 is 10.1 Å². The number of methoxy groups -OCH3 is 1. The molecule has 1 N–H and O–H groups in total. The molecule has 0 unspecified atom stereocenters. The van der Waals surface area contributed by atoms with E-state index < -0.39 is 0 Å². The molecular weight excluding hydrogens is 337 g/mol. The maximum atomic E-state index is 13.3. The summed E-state index contributed by atoms with van der Waals surface area (Å²) in [6.07, 6.45) is 1.84. The Labute approximate surface area is 153 Å². The third kappa shape index (κ3) is 6.78. The lowest BCUT2D eigenvalue weighted by Gasteiger charge is -2.14. The van der Waals surface area contributed by atoms with Gasteiger partial charge in [0.2, 0.25) is 5.91 Å². The number of carbonyl (C=O) groups excluding carboxylic acids is 1. The molecule has 134 valence electrons. The van der Waals surface area contributed by atoms with Crippen molar-refractivity contribution in [3.05, 3.63) is 65.5 Å². The van der Waals surface area contributed by atoms with Gasteiger partial charge in [-0.05, 0) is 43.5 Å². The second kappa shape index (κ2) is 10.1. The monoisotopic (exact) mass is 361 g/mol. The highest BCUT2D eigenvalue weighted by Crippen LogP contribution is 2.24. The number of amides is 1. The van der Waals surface area contributed by atoms with E-state index in [1.54, 1.807) is 13.2 Å². The predicted molar refractivity (Wildman–Crippen MR) is 101 cm³/mol. The van der Waals surface area contributed by atoms with E-state index in [4.69, 9.17) is 4.74 Å². The normalized spacial score (nSPS) is 11.8. The van der Waals surface area contributed by atoms with E-state index >= 15 is 0 Å². The standard InChI is InChI=1S/C20H24FNO2S/c1-15(8-9-16-6-4-3-5-7-16)22-20(23)14-25-13-17-12-18(21)10-11-19(17)24-2/h3-7,10-12,15H,8-9,13-14H2,1-2H3,(H,22,23)/t15-/m1/s1. The van der Waals surface area contributed by atoms with Crippen LogP contribution in [0.2, 0.25) is 0 Å². The molecular formula is C20H24FNO2S. The zero-order chi connectivity index (χ0) is 18.1. The summed E-state index contributed by atoms with van der Waals surface area (Å²) in [6.45, 7) is 2.01. The first-order valence-corrected chi connectivity index (χ1v) is 9.47. The molecule has 25 heavy (non-hydrogen) atoms. The Morgan fingerprint density at radius 1 is 1.24 bits per heavy atom. The molecule has 0 aliphatic heterocycles. The van der Waals surface area contributed by atoms with Gasteiger partial charge in [0, 0.05) is 17.4 Å². The van der Waals surface area contributed by atoms with Crippen molar-refractivity contribution in [1.29, 1.82) is 0 Å². The van der Waals surface area contributed by atoms with Gasteiger partial charge in [0.15, 0.2) is 0 Å². The summed E-state index contributed by atoms with van der Waals surface area (Å²) in [5, 5.41) is 3.01. The Balaban J connectivity index is 1.71. The smallest absolute Gasteiger partial charge is 0.230 e. The van der Waals surface area contributed by atoms with Crippen LogP contribution >= 0.6 is 11.8 Å². The zero-order valence-electron chi connectivity index (χ0n) is 14.6. The second-order valence-corrected chi connectivity index (χ2v) is 6.93. The maximum Gasteiger partial charge on any atom is 0.230 e. The van der Waals surface area contributed by atoms with Crippen LogP contribution in [0.4, 0.5) is 4.39 Å². The summed E-state index contributed by atoms with van der Waals surface area (Å²) in [6, 6.07) is 14.8. The molecule has 1 amide bonds. The van der Waals surface area contributed by atoms with Gasteiger partial charge in [-0.1, -0.05) is 30.3 Å². The SMILES string of the molecule is COc1ccc(F)cc1CSCC(=O)N[C@H](C)CCc1ccccc1. The van der Waals surface area contributed by atoms with Gasteiger partial charge in [-0.25, -0.2) is 4.39 Å². The summed E-state index contributed by atoms with van der Waals surface area (Å²) < 4.78 is 18.5. The van der Waals surface area contributed by atoms with Crippen molar-refractivity contribution in [2.45, 2.75) is 31.6 Å². The van der Waals surface area contributed by atoms with Crippen LogP contribution in [0.5, 0.6) is 5.75 Å². The van der Waals surface area contributed by atoms with Crippen LogP contribution in [-0.4, -0.2) is 24.8 Å². The van der Waals surface area contributed by atoms with Gasteiger partial charge in [0.05, 0.1) is 12.9 Å². The van der Waals surface area contributed by atoms with Crippen molar-refractivity contribution in [3.63, 3.8) is 0 Å². The molecule has 5 heteroatoms. The highest BCUT2D eigenvalue weighted by Gasteiger charge is 2.10. The van der Waals surface area contributed by atoms with Crippen LogP contribution in [0.3, 0.4) is 0 Å². The quantitative estimate of drug-likeness (QED) is 0.727. The first kappa shape index (κ1) is 19.3. The topological polar surface area (TPSA) is 38.3 Å². The van der Waals surface area contributed by atoms with Crippen LogP contribution in [0.1, 0.15) is 24.5 Å². The van der Waals surface area contributed by atoms with Gasteiger partial charge < -0.3 is 10.1 Å². The molecule has 1 atom stereocenters. The number of benzene rings is 2. The lowest BCUT2D eigenvalue weighted by atomic mass is 10.1. The van der Waals surface area contributed by atoms with Crippen molar-refractivity contribution in [2.75, 3.05) is 12.9 Å². The number of ether oxygens (including phenoxy) is 1. The Morgan fingerprint density at radius 2 is 2.00 bits per heavy atom. The van der Waals surface area contributed by atoms with Gasteiger partial charge in [-0.15, -0.1) is 11.8 Å². The molecule has 2 rings (SSSR count). The summed E-state index contributed by atoms with van der Waals surface area (Å²) in [5.41, 5.74) is 2.04. The second-order valence-electron chi connectivity index (χ2n) is 5.94. The van der Waals surface area contributed by atoms with Crippen LogP contribution in [0.25, 0.3) is 0 Å². The van der Waals surface area contributed by atoms with Gasteiger partial charge in [-0.2, -0.15) is 0 Å². The van der Waals surface area contributed by atoms with Crippen molar-refractivity contribution < 1.29 is 13.9 Å². The van der Waals surface area contributed by atoms with Crippen LogP contribution in [0, 0.1) is 5.82 Å². The van der Waals surface area contributed by atoms with Gasteiger partial charge in [-0.3, -0.25) is 4.79 Å². The van der Waals surface area contributed by atoms with E-state index in [1.165, 1.54) is 29.5 Å². The minimum Gasteiger partial charge on any atom is -0.496 e. The number of nitrogens with one attached hydrogen (secondary N) is 1. The number of carbonyl (C=O) groups is 1. The van der Waals surface area contributed by atoms with Crippen molar-refractivity contribution in [1.82, 2.24) is 5.32 Å². The molecule has 0 spiro atoms. The number of aryl methyl sites for hydroxylation is 1. The van der Waals surface area contributed by atoms with E-state index in [9.17, 15) is 9.18 Å². The molecule has 3 nitrogen and oxygen atoms in total. The fraction of sp³-hybridized carbons (Fsp3) is 0.350. The number of thioether (sulfide) groups is 1. The lowest BCUT2D eigenvalue weighted by Crippen LogP contribution is -2.34. The predicted octanol–water partition coefficient (Wildman–Crippen LogP) is 4.21. The molecule has 0 bridgehead atoms. The Kier molecular flexibility index (Phi) is 7.79. The van der Waals surface area contributed by atoms with E-state index in [-0.39, 0.29) is 17.8 Å². The van der Waals surface area contributed by atoms with E-state index in [1.807, 2.05) is 25.1 Å². The van der Waals surface area contributed by atoms with Gasteiger partial charge in [0.25, 0.3) is 0 Å². The van der Waals surface area contributed by atoms with Crippen LogP contribution in [0.15, 0.2) is 48.5 Å². The number of rotatable bonds is 9. The molecule has 0 radical (unpaired) electrons. The van der Waals surface area contributed by atoms with E-state index in [0.717, 1.165) is 18.4 Å². The summed E-state index contributed by atoms with van der Waals surface area (Å²) in [4.78, 5) is 12.0. The Morgan fingerprint density at radius 3 is 2.72 bits per heavy atom. The van der Waals surface area contributed by atoms with Gasteiger partial charge in [0.1, 0.15) is 11.6 Å². The number of halogens is 1. The molecule has 0 saturated heterocycles. The molecule has 0 aromatic heterocycles. The number of hydrogen-bond donors (Lipinski definition) is 1. The highest BCUT2D eigenvalue weighted by atomic mass is 32.2. The molecule has 0 saturated carbocycles. The van der Waals surface area contributed by atoms with Gasteiger partial charge >= 0.3 is 0 Å². The first-order valence-electron chi connectivity index (χ1n) is 8.32. The largest absolute Gasteiger partial charge is 0.496 e. The van der Waals surface area contributed by atoms with E-state index in [2.05, 4.69) is 17.4 Å². The average molecular weight is 361 g/mol. The minimum atomic E-state index is -0.296. The molecule has 0 heterocycles. The minimum absolute atomic E-state index is 0.000863. The third-order valence-electron chi connectivity index (χ3n) is 3.85. The van der Waals surface area contributed by atoms with E-state index in [0.29, 0.717) is 17.3 Å². The zero-order valence-corrected chi connectivity index (χ0v) is 15.4.